The standard InChI is InChI=1S/C16H26BrNO3/c1-11(2)21-6-5-20-10-15(19)9-18-14-7-12(3)16(17)13(4)8-14/h7-8,11,15,18-19H,5-6,9-10H2,1-4H3. The van der Waals surface area contributed by atoms with Crippen molar-refractivity contribution >= 4 is 21.6 Å². The van der Waals surface area contributed by atoms with Crippen LogP contribution in [0, 0.1) is 13.8 Å². The molecule has 0 bridgehead atoms. The van der Waals surface area contributed by atoms with Gasteiger partial charge in [-0.2, -0.15) is 0 Å². The van der Waals surface area contributed by atoms with Gasteiger partial charge in [0.1, 0.15) is 0 Å². The Morgan fingerprint density at radius 1 is 1.19 bits per heavy atom. The second-order valence-electron chi connectivity index (χ2n) is 5.45. The number of aliphatic hydroxyl groups is 1. The van der Waals surface area contributed by atoms with Crippen LogP contribution in [0.2, 0.25) is 0 Å². The molecule has 0 fully saturated rings. The molecule has 5 heteroatoms. The summed E-state index contributed by atoms with van der Waals surface area (Å²) in [6.07, 6.45) is -0.322. The highest BCUT2D eigenvalue weighted by atomic mass is 79.9. The number of aryl methyl sites for hydroxylation is 2. The molecule has 0 heterocycles. The fraction of sp³-hybridized carbons (Fsp3) is 0.625. The third-order valence-corrected chi connectivity index (χ3v) is 4.22. The molecule has 2 N–H and O–H groups in total. The Morgan fingerprint density at radius 2 is 1.81 bits per heavy atom. The summed E-state index contributed by atoms with van der Waals surface area (Å²) in [5.74, 6) is 0. The van der Waals surface area contributed by atoms with E-state index in [-0.39, 0.29) is 6.10 Å². The number of rotatable bonds is 9. The maximum Gasteiger partial charge on any atom is 0.0945 e. The molecule has 0 radical (unpaired) electrons. The molecule has 0 aliphatic carbocycles. The van der Waals surface area contributed by atoms with Gasteiger partial charge in [0, 0.05) is 16.7 Å². The van der Waals surface area contributed by atoms with Crippen molar-refractivity contribution in [1.29, 1.82) is 0 Å². The summed E-state index contributed by atoms with van der Waals surface area (Å²) < 4.78 is 11.9. The van der Waals surface area contributed by atoms with Gasteiger partial charge in [-0.3, -0.25) is 0 Å². The molecule has 1 atom stereocenters. The molecule has 0 aliphatic rings. The van der Waals surface area contributed by atoms with Gasteiger partial charge in [-0.25, -0.2) is 0 Å². The molecule has 0 saturated heterocycles. The highest BCUT2D eigenvalue weighted by Gasteiger charge is 2.06. The zero-order valence-electron chi connectivity index (χ0n) is 13.3. The van der Waals surface area contributed by atoms with Crippen molar-refractivity contribution in [3.05, 3.63) is 27.7 Å². The Labute approximate surface area is 136 Å². The highest BCUT2D eigenvalue weighted by molar-refractivity contribution is 9.10. The predicted octanol–water partition coefficient (Wildman–Crippen LogP) is 3.28. The molecule has 4 nitrogen and oxygen atoms in total. The van der Waals surface area contributed by atoms with Gasteiger partial charge in [0.15, 0.2) is 0 Å². The van der Waals surface area contributed by atoms with Crippen molar-refractivity contribution < 1.29 is 14.6 Å². The molecule has 0 aliphatic heterocycles. The molecule has 1 aromatic rings. The van der Waals surface area contributed by atoms with E-state index in [1.54, 1.807) is 0 Å². The van der Waals surface area contributed by atoms with Gasteiger partial charge < -0.3 is 19.9 Å². The summed E-state index contributed by atoms with van der Waals surface area (Å²) in [7, 11) is 0. The van der Waals surface area contributed by atoms with Gasteiger partial charge in [-0.15, -0.1) is 0 Å². The van der Waals surface area contributed by atoms with Crippen LogP contribution in [0.15, 0.2) is 16.6 Å². The Hall–Kier alpha value is -0.620. The molecular weight excluding hydrogens is 334 g/mol. The van der Waals surface area contributed by atoms with E-state index in [0.717, 1.165) is 10.2 Å². The van der Waals surface area contributed by atoms with Gasteiger partial charge in [0.2, 0.25) is 0 Å². The van der Waals surface area contributed by atoms with Crippen molar-refractivity contribution in [3.63, 3.8) is 0 Å². The second-order valence-corrected chi connectivity index (χ2v) is 6.25. The number of nitrogens with one attached hydrogen (secondary N) is 1. The fourth-order valence-corrected chi connectivity index (χ4v) is 2.13. The summed E-state index contributed by atoms with van der Waals surface area (Å²) in [5.41, 5.74) is 3.36. The molecule has 1 rings (SSSR count). The minimum absolute atomic E-state index is 0.212. The zero-order chi connectivity index (χ0) is 15.8. The first-order valence-electron chi connectivity index (χ1n) is 7.28. The summed E-state index contributed by atoms with van der Waals surface area (Å²) in [4.78, 5) is 0. The van der Waals surface area contributed by atoms with Crippen molar-refractivity contribution in [3.8, 4) is 0 Å². The van der Waals surface area contributed by atoms with Crippen LogP contribution in [0.3, 0.4) is 0 Å². The number of hydrogen-bond donors (Lipinski definition) is 2. The maximum absolute atomic E-state index is 9.87. The molecule has 1 aromatic carbocycles. The number of anilines is 1. The molecule has 0 spiro atoms. The van der Waals surface area contributed by atoms with Crippen LogP contribution in [0.5, 0.6) is 0 Å². The molecule has 1 unspecified atom stereocenters. The molecule has 21 heavy (non-hydrogen) atoms. The third kappa shape index (κ3) is 7.27. The van der Waals surface area contributed by atoms with Crippen LogP contribution in [0.25, 0.3) is 0 Å². The van der Waals surface area contributed by atoms with Gasteiger partial charge in [0.05, 0.1) is 32.0 Å². The lowest BCUT2D eigenvalue weighted by Gasteiger charge is -2.15. The van der Waals surface area contributed by atoms with Crippen molar-refractivity contribution in [1.82, 2.24) is 0 Å². The monoisotopic (exact) mass is 359 g/mol. The number of benzene rings is 1. The minimum Gasteiger partial charge on any atom is -0.389 e. The van der Waals surface area contributed by atoms with E-state index >= 15 is 0 Å². The van der Waals surface area contributed by atoms with Crippen LogP contribution in [0.1, 0.15) is 25.0 Å². The van der Waals surface area contributed by atoms with E-state index in [9.17, 15) is 5.11 Å². The lowest BCUT2D eigenvalue weighted by Crippen LogP contribution is -2.26. The molecule has 0 aromatic heterocycles. The molecule has 120 valence electrons. The summed E-state index contributed by atoms with van der Waals surface area (Å²) in [6.45, 7) is 9.91. The quantitative estimate of drug-likeness (QED) is 0.664. The summed E-state index contributed by atoms with van der Waals surface area (Å²) in [6, 6.07) is 4.11. The topological polar surface area (TPSA) is 50.7 Å². The number of aliphatic hydroxyl groups excluding tert-OH is 1. The van der Waals surface area contributed by atoms with Gasteiger partial charge >= 0.3 is 0 Å². The van der Waals surface area contributed by atoms with E-state index in [1.165, 1.54) is 11.1 Å². The lowest BCUT2D eigenvalue weighted by molar-refractivity contribution is -0.00734. The van der Waals surface area contributed by atoms with Crippen molar-refractivity contribution in [2.45, 2.75) is 39.9 Å². The Morgan fingerprint density at radius 3 is 2.38 bits per heavy atom. The minimum atomic E-state index is -0.534. The molecule has 0 amide bonds. The molecular formula is C16H26BrNO3. The largest absolute Gasteiger partial charge is 0.389 e. The number of ether oxygens (including phenoxy) is 2. The van der Waals surface area contributed by atoms with E-state index < -0.39 is 6.10 Å². The first-order valence-corrected chi connectivity index (χ1v) is 8.07. The fourth-order valence-electron chi connectivity index (χ4n) is 1.90. The van der Waals surface area contributed by atoms with Crippen LogP contribution in [0.4, 0.5) is 5.69 Å². The number of halogens is 1. The second kappa shape index (κ2) is 9.41. The van der Waals surface area contributed by atoms with Crippen molar-refractivity contribution in [2.75, 3.05) is 31.7 Å². The van der Waals surface area contributed by atoms with E-state index in [0.29, 0.717) is 26.4 Å². The average molecular weight is 360 g/mol. The van der Waals surface area contributed by atoms with E-state index in [1.807, 2.05) is 13.8 Å². The van der Waals surface area contributed by atoms with Crippen molar-refractivity contribution in [2.24, 2.45) is 0 Å². The van der Waals surface area contributed by atoms with Gasteiger partial charge in [-0.05, 0) is 51.0 Å². The Kier molecular flexibility index (Phi) is 8.26. The van der Waals surface area contributed by atoms with Crippen LogP contribution in [-0.2, 0) is 9.47 Å². The highest BCUT2D eigenvalue weighted by Crippen LogP contribution is 2.24. The van der Waals surface area contributed by atoms with Crippen LogP contribution < -0.4 is 5.32 Å². The maximum atomic E-state index is 9.87. The van der Waals surface area contributed by atoms with Gasteiger partial charge in [0.25, 0.3) is 0 Å². The van der Waals surface area contributed by atoms with Crippen LogP contribution >= 0.6 is 15.9 Å². The third-order valence-electron chi connectivity index (χ3n) is 2.97. The normalized spacial score (nSPS) is 12.7. The average Bonchev–Trinajstić information content (AvgIpc) is 2.41. The summed E-state index contributed by atoms with van der Waals surface area (Å²) >= 11 is 3.54. The van der Waals surface area contributed by atoms with Crippen LogP contribution in [-0.4, -0.2) is 43.7 Å². The first kappa shape index (κ1) is 18.4. The first-order chi connectivity index (χ1) is 9.90. The lowest BCUT2D eigenvalue weighted by atomic mass is 10.1. The Balaban J connectivity index is 2.25. The molecule has 0 saturated carbocycles. The SMILES string of the molecule is Cc1cc(NCC(O)COCCOC(C)C)cc(C)c1Br. The smallest absolute Gasteiger partial charge is 0.0945 e. The zero-order valence-corrected chi connectivity index (χ0v) is 14.9. The number of hydrogen-bond acceptors (Lipinski definition) is 4. The summed E-state index contributed by atoms with van der Waals surface area (Å²) in [5, 5.41) is 13.1. The van der Waals surface area contributed by atoms with E-state index in [2.05, 4.69) is 47.2 Å². The Bertz CT molecular complexity index is 415. The van der Waals surface area contributed by atoms with Gasteiger partial charge in [-0.1, -0.05) is 15.9 Å². The van der Waals surface area contributed by atoms with E-state index in [4.69, 9.17) is 9.47 Å². The predicted molar refractivity (Wildman–Crippen MR) is 90.0 cm³/mol.